The predicted octanol–water partition coefficient (Wildman–Crippen LogP) is 5.52. The molecule has 3 N–H and O–H groups in total. The minimum atomic E-state index is -1.93. The molecular weight excluding hydrogens is 514 g/mol. The van der Waals surface area contributed by atoms with Crippen molar-refractivity contribution in [3.8, 4) is 0 Å². The van der Waals surface area contributed by atoms with Crippen LogP contribution in [0.5, 0.6) is 0 Å². The van der Waals surface area contributed by atoms with Crippen LogP contribution in [0.1, 0.15) is 28.4 Å². The van der Waals surface area contributed by atoms with Crippen LogP contribution in [-0.4, -0.2) is 33.0 Å². The number of esters is 1. The number of benzene rings is 3. The van der Waals surface area contributed by atoms with Crippen molar-refractivity contribution < 1.29 is 28.6 Å². The normalized spacial score (nSPS) is 16.8. The summed E-state index contributed by atoms with van der Waals surface area (Å²) >= 11 is 12.0. The molecule has 182 valence electrons. The van der Waals surface area contributed by atoms with Crippen LogP contribution in [0, 0.1) is 5.82 Å². The van der Waals surface area contributed by atoms with Gasteiger partial charge < -0.3 is 14.8 Å². The monoisotopic (exact) mass is 528 g/mol. The van der Waals surface area contributed by atoms with Gasteiger partial charge in [0.25, 0.3) is 5.91 Å². The van der Waals surface area contributed by atoms with Gasteiger partial charge in [-0.05, 0) is 30.3 Å². The summed E-state index contributed by atoms with van der Waals surface area (Å²) in [5.41, 5.74) is -0.693. The highest BCUT2D eigenvalue weighted by molar-refractivity contribution is 6.42. The summed E-state index contributed by atoms with van der Waals surface area (Å²) in [6.45, 7) is 1.17. The number of aromatic nitrogens is 2. The van der Waals surface area contributed by atoms with Gasteiger partial charge in [-0.3, -0.25) is 19.8 Å². The standard InChI is InChI=1S/C24H15Cl2FN4O5/c1-11(32)36-24(12-6-8-16-17(10-12)29-22(28-16)30-23(34)35)14-5-3-2-4-13(14)21(33)31(24)18-9-7-15(25)19(26)20(18)27/h2-10H,1H3,(H,34,35)(H2,28,29,30). The Bertz CT molecular complexity index is 1590. The lowest BCUT2D eigenvalue weighted by atomic mass is 9.92. The number of carbonyl (C=O) groups excluding carboxylic acids is 2. The zero-order chi connectivity index (χ0) is 25.8. The van der Waals surface area contributed by atoms with E-state index in [-0.39, 0.29) is 27.8 Å². The molecule has 4 aromatic rings. The highest BCUT2D eigenvalue weighted by Gasteiger charge is 2.55. The Morgan fingerprint density at radius 2 is 1.92 bits per heavy atom. The van der Waals surface area contributed by atoms with E-state index >= 15 is 4.39 Å². The van der Waals surface area contributed by atoms with Crippen molar-refractivity contribution in [2.75, 3.05) is 10.2 Å². The molecule has 2 heterocycles. The Hall–Kier alpha value is -4.15. The molecule has 0 radical (unpaired) electrons. The molecule has 1 aromatic heterocycles. The minimum Gasteiger partial charge on any atom is -0.465 e. The molecular formula is C24H15Cl2FN4O5. The number of carbonyl (C=O) groups is 3. The van der Waals surface area contributed by atoms with E-state index in [1.165, 1.54) is 31.2 Å². The van der Waals surface area contributed by atoms with Crippen LogP contribution in [0.15, 0.2) is 54.6 Å². The van der Waals surface area contributed by atoms with Gasteiger partial charge in [0, 0.05) is 23.6 Å². The number of aromatic amines is 1. The van der Waals surface area contributed by atoms with Gasteiger partial charge in [0.1, 0.15) is 0 Å². The molecule has 12 heteroatoms. The first-order valence-corrected chi connectivity index (χ1v) is 11.2. The fourth-order valence-electron chi connectivity index (χ4n) is 4.35. The van der Waals surface area contributed by atoms with Crippen molar-refractivity contribution in [1.82, 2.24) is 9.97 Å². The number of ether oxygens (including phenoxy) is 1. The number of halogens is 3. The highest BCUT2D eigenvalue weighted by Crippen LogP contribution is 2.49. The van der Waals surface area contributed by atoms with Crippen LogP contribution >= 0.6 is 23.2 Å². The van der Waals surface area contributed by atoms with Crippen LogP contribution in [0.3, 0.4) is 0 Å². The number of H-pyrrole nitrogens is 1. The summed E-state index contributed by atoms with van der Waals surface area (Å²) in [5, 5.41) is 10.7. The topological polar surface area (TPSA) is 125 Å². The summed E-state index contributed by atoms with van der Waals surface area (Å²) < 4.78 is 21.3. The molecule has 1 unspecified atom stereocenters. The van der Waals surface area contributed by atoms with Gasteiger partial charge in [0.2, 0.25) is 11.7 Å². The van der Waals surface area contributed by atoms with Crippen molar-refractivity contribution >= 4 is 63.8 Å². The summed E-state index contributed by atoms with van der Waals surface area (Å²) in [6.07, 6.45) is -1.32. The third kappa shape index (κ3) is 3.53. The molecule has 1 aliphatic rings. The molecule has 0 bridgehead atoms. The Labute approximate surface area is 212 Å². The van der Waals surface area contributed by atoms with Gasteiger partial charge >= 0.3 is 12.1 Å². The van der Waals surface area contributed by atoms with Gasteiger partial charge in [0.15, 0.2) is 5.82 Å². The summed E-state index contributed by atoms with van der Waals surface area (Å²) in [6, 6.07) is 13.7. The number of hydrogen-bond donors (Lipinski definition) is 3. The zero-order valence-electron chi connectivity index (χ0n) is 18.3. The molecule has 0 aliphatic carbocycles. The molecule has 1 aliphatic heterocycles. The van der Waals surface area contributed by atoms with Crippen LogP contribution in [-0.2, 0) is 15.3 Å². The largest absolute Gasteiger partial charge is 0.465 e. The fourth-order valence-corrected chi connectivity index (χ4v) is 4.66. The second-order valence-electron chi connectivity index (χ2n) is 7.87. The Morgan fingerprint density at radius 1 is 1.17 bits per heavy atom. The second-order valence-corrected chi connectivity index (χ2v) is 8.65. The number of rotatable bonds is 4. The molecule has 0 saturated heterocycles. The summed E-state index contributed by atoms with van der Waals surface area (Å²) in [5.74, 6) is -2.39. The molecule has 0 fully saturated rings. The van der Waals surface area contributed by atoms with Crippen LogP contribution < -0.4 is 10.2 Å². The third-order valence-corrected chi connectivity index (χ3v) is 6.47. The third-order valence-electron chi connectivity index (χ3n) is 5.69. The average molecular weight is 529 g/mol. The SMILES string of the molecule is CC(=O)OC1(c2ccc3nc(NC(=O)O)[nH]c3c2)c2ccccc2C(=O)N1c1ccc(Cl)c(Cl)c1F. The number of amides is 2. The van der Waals surface area contributed by atoms with E-state index in [1.54, 1.807) is 30.3 Å². The van der Waals surface area contributed by atoms with E-state index < -0.39 is 34.5 Å². The zero-order valence-corrected chi connectivity index (χ0v) is 19.8. The van der Waals surface area contributed by atoms with E-state index in [1.807, 2.05) is 0 Å². The fraction of sp³-hybridized carbons (Fsp3) is 0.0833. The Balaban J connectivity index is 1.82. The molecule has 2 amide bonds. The lowest BCUT2D eigenvalue weighted by Gasteiger charge is -2.38. The first-order valence-electron chi connectivity index (χ1n) is 10.4. The Kier molecular flexibility index (Phi) is 5.57. The van der Waals surface area contributed by atoms with Gasteiger partial charge in [-0.1, -0.05) is 47.5 Å². The van der Waals surface area contributed by atoms with E-state index in [0.717, 1.165) is 4.90 Å². The predicted molar refractivity (Wildman–Crippen MR) is 130 cm³/mol. The summed E-state index contributed by atoms with van der Waals surface area (Å²) in [7, 11) is 0. The molecule has 5 rings (SSSR count). The molecule has 1 atom stereocenters. The minimum absolute atomic E-state index is 0.0357. The van der Waals surface area contributed by atoms with Crippen LogP contribution in [0.2, 0.25) is 10.0 Å². The van der Waals surface area contributed by atoms with Crippen LogP contribution in [0.4, 0.5) is 20.8 Å². The lowest BCUT2D eigenvalue weighted by Crippen LogP contribution is -2.48. The van der Waals surface area contributed by atoms with E-state index in [2.05, 4.69) is 15.3 Å². The highest BCUT2D eigenvalue weighted by atomic mass is 35.5. The molecule has 36 heavy (non-hydrogen) atoms. The quantitative estimate of drug-likeness (QED) is 0.236. The Morgan fingerprint density at radius 3 is 2.64 bits per heavy atom. The molecule has 3 aromatic carbocycles. The van der Waals surface area contributed by atoms with Crippen molar-refractivity contribution in [3.05, 3.63) is 87.2 Å². The van der Waals surface area contributed by atoms with Gasteiger partial charge in [-0.25, -0.2) is 14.2 Å². The lowest BCUT2D eigenvalue weighted by molar-refractivity contribution is -0.153. The smallest absolute Gasteiger partial charge is 0.411 e. The number of fused-ring (bicyclic) bond motifs is 2. The van der Waals surface area contributed by atoms with Crippen LogP contribution in [0.25, 0.3) is 11.0 Å². The van der Waals surface area contributed by atoms with Gasteiger partial charge in [-0.15, -0.1) is 0 Å². The first-order chi connectivity index (χ1) is 17.1. The number of hydrogen-bond acceptors (Lipinski definition) is 5. The maximum atomic E-state index is 15.5. The van der Waals surface area contributed by atoms with Crippen molar-refractivity contribution in [3.63, 3.8) is 0 Å². The number of anilines is 2. The number of nitrogens with one attached hydrogen (secondary N) is 2. The maximum absolute atomic E-state index is 15.5. The molecule has 0 saturated carbocycles. The maximum Gasteiger partial charge on any atom is 0.411 e. The number of carboxylic acid groups (broad SMARTS) is 1. The number of imidazole rings is 1. The molecule has 0 spiro atoms. The van der Waals surface area contributed by atoms with E-state index in [9.17, 15) is 14.4 Å². The number of nitrogens with zero attached hydrogens (tertiary/aromatic N) is 2. The van der Waals surface area contributed by atoms with E-state index in [4.69, 9.17) is 33.0 Å². The van der Waals surface area contributed by atoms with Gasteiger partial charge in [-0.2, -0.15) is 0 Å². The summed E-state index contributed by atoms with van der Waals surface area (Å²) in [4.78, 5) is 45.2. The van der Waals surface area contributed by atoms with Crippen molar-refractivity contribution in [2.24, 2.45) is 0 Å². The second kappa shape index (κ2) is 8.51. The first kappa shape index (κ1) is 23.6. The van der Waals surface area contributed by atoms with Crippen molar-refractivity contribution in [1.29, 1.82) is 0 Å². The average Bonchev–Trinajstić information content (AvgIpc) is 3.33. The van der Waals surface area contributed by atoms with E-state index in [0.29, 0.717) is 16.6 Å². The molecule has 9 nitrogen and oxygen atoms in total. The van der Waals surface area contributed by atoms with Gasteiger partial charge in [0.05, 0.1) is 26.8 Å². The van der Waals surface area contributed by atoms with Crippen molar-refractivity contribution in [2.45, 2.75) is 12.6 Å².